The second-order valence-corrected chi connectivity index (χ2v) is 12.9. The van der Waals surface area contributed by atoms with Gasteiger partial charge in [0.25, 0.3) is 5.01 Å². The predicted octanol–water partition coefficient (Wildman–Crippen LogP) is 9.15. The molecular weight excluding hydrogens is 523 g/mol. The van der Waals surface area contributed by atoms with Crippen LogP contribution in [0, 0.1) is 5.92 Å². The molecule has 186 valence electrons. The number of anilines is 1. The molecule has 1 aliphatic heterocycles. The van der Waals surface area contributed by atoms with Crippen molar-refractivity contribution in [2.24, 2.45) is 5.92 Å². The number of fused-ring (bicyclic) bond motifs is 3. The van der Waals surface area contributed by atoms with E-state index in [2.05, 4.69) is 65.8 Å². The molecule has 2 nitrogen and oxygen atoms in total. The minimum atomic E-state index is 0.690. The molecule has 2 heterocycles. The molecular formula is C30H31Cl2N2S2+. The zero-order valence-electron chi connectivity index (χ0n) is 20.8. The molecule has 1 unspecified atom stereocenters. The number of hydrogen-bond donors (Lipinski definition) is 0. The van der Waals surface area contributed by atoms with Gasteiger partial charge in [-0.2, -0.15) is 4.57 Å². The standard InChI is InChI=1S/C30H31Cl2N2S2/c1-3-33-25-11-9-23(31)17-27(25)35-29(33)15-19-5-7-21-8-6-20(14-22(21)13-19)16-30-34(4-2)26-12-10-24(32)18-28(26)36-30/h9,11,13-18,21H,3-8,10,12H2,1-2H3/q+1. The van der Waals surface area contributed by atoms with Crippen LogP contribution in [0.15, 0.2) is 68.1 Å². The summed E-state index contributed by atoms with van der Waals surface area (Å²) in [5.41, 5.74) is 7.12. The fraction of sp³-hybridized carbons (Fsp3) is 0.367. The first-order chi connectivity index (χ1) is 17.5. The van der Waals surface area contributed by atoms with Gasteiger partial charge in [0.15, 0.2) is 5.69 Å². The number of allylic oxidation sites excluding steroid dienone is 7. The second-order valence-electron chi connectivity index (χ2n) is 9.88. The van der Waals surface area contributed by atoms with E-state index in [0.29, 0.717) is 5.92 Å². The average molecular weight is 555 g/mol. The van der Waals surface area contributed by atoms with Crippen LogP contribution < -0.4 is 9.47 Å². The Labute approximate surface area is 232 Å². The molecule has 3 aliphatic carbocycles. The summed E-state index contributed by atoms with van der Waals surface area (Å²) in [4.78, 5) is 5.00. The van der Waals surface area contributed by atoms with Crippen molar-refractivity contribution in [1.29, 1.82) is 0 Å². The van der Waals surface area contributed by atoms with Gasteiger partial charge in [0.2, 0.25) is 0 Å². The van der Waals surface area contributed by atoms with E-state index < -0.39 is 0 Å². The highest BCUT2D eigenvalue weighted by molar-refractivity contribution is 8.03. The Morgan fingerprint density at radius 3 is 2.72 bits per heavy atom. The summed E-state index contributed by atoms with van der Waals surface area (Å²) in [6, 6.07) is 6.23. The van der Waals surface area contributed by atoms with Gasteiger partial charge in [0, 0.05) is 34.0 Å². The summed E-state index contributed by atoms with van der Waals surface area (Å²) < 4.78 is 2.49. The van der Waals surface area contributed by atoms with Crippen molar-refractivity contribution < 1.29 is 4.57 Å². The molecule has 0 bridgehead atoms. The Hall–Kier alpha value is -1.72. The minimum absolute atomic E-state index is 0.690. The maximum Gasteiger partial charge on any atom is 0.262 e. The van der Waals surface area contributed by atoms with Gasteiger partial charge in [-0.1, -0.05) is 58.5 Å². The van der Waals surface area contributed by atoms with Crippen molar-refractivity contribution in [3.63, 3.8) is 0 Å². The lowest BCUT2D eigenvalue weighted by molar-refractivity contribution is -0.697. The van der Waals surface area contributed by atoms with Crippen LogP contribution in [-0.4, -0.2) is 6.54 Å². The van der Waals surface area contributed by atoms with Crippen molar-refractivity contribution >= 4 is 64.1 Å². The normalized spacial score (nSPS) is 23.3. The number of nitrogens with zero attached hydrogens (tertiary/aromatic N) is 2. The molecule has 6 heteroatoms. The fourth-order valence-corrected chi connectivity index (χ4v) is 8.90. The zero-order valence-corrected chi connectivity index (χ0v) is 24.0. The van der Waals surface area contributed by atoms with Crippen LogP contribution in [-0.2, 0) is 13.0 Å². The summed E-state index contributed by atoms with van der Waals surface area (Å²) in [6.45, 7) is 6.44. The maximum absolute atomic E-state index is 6.36. The molecule has 0 N–H and O–H groups in total. The molecule has 4 aliphatic rings. The van der Waals surface area contributed by atoms with Crippen molar-refractivity contribution in [3.8, 4) is 0 Å². The highest BCUT2D eigenvalue weighted by atomic mass is 35.5. The van der Waals surface area contributed by atoms with E-state index >= 15 is 0 Å². The van der Waals surface area contributed by atoms with E-state index in [4.69, 9.17) is 23.2 Å². The predicted molar refractivity (Wildman–Crippen MR) is 157 cm³/mol. The molecule has 1 atom stereocenters. The molecule has 0 spiro atoms. The monoisotopic (exact) mass is 553 g/mol. The second kappa shape index (κ2) is 10.2. The van der Waals surface area contributed by atoms with Gasteiger partial charge in [0.05, 0.1) is 10.7 Å². The summed E-state index contributed by atoms with van der Waals surface area (Å²) in [7, 11) is 0. The minimum Gasteiger partial charge on any atom is -0.335 e. The first-order valence-corrected chi connectivity index (χ1v) is 15.4. The van der Waals surface area contributed by atoms with Gasteiger partial charge in [-0.05, 0) is 98.9 Å². The summed E-state index contributed by atoms with van der Waals surface area (Å²) >= 11 is 16.4. The lowest BCUT2D eigenvalue weighted by Crippen LogP contribution is -2.38. The SMILES string of the molecule is CCN1/C(=C\C2=CC3=C/C(=C\c4sc5c([n+]4CC)CCC(Cl)=C5)CCC3CC2)Sc2cc(Cl)ccc21. The third-order valence-corrected chi connectivity index (χ3v) is 10.4. The van der Waals surface area contributed by atoms with Crippen LogP contribution in [0.2, 0.25) is 5.02 Å². The van der Waals surface area contributed by atoms with Crippen molar-refractivity contribution in [1.82, 2.24) is 0 Å². The zero-order chi connectivity index (χ0) is 24.8. The number of benzene rings is 1. The topological polar surface area (TPSA) is 7.12 Å². The van der Waals surface area contributed by atoms with Gasteiger partial charge in [-0.15, -0.1) is 0 Å². The Bertz CT molecular complexity index is 1380. The Balaban J connectivity index is 1.30. The average Bonchev–Trinajstić information content (AvgIpc) is 3.39. The van der Waals surface area contributed by atoms with E-state index in [0.717, 1.165) is 48.8 Å². The van der Waals surface area contributed by atoms with Crippen LogP contribution in [0.5, 0.6) is 0 Å². The molecule has 36 heavy (non-hydrogen) atoms. The molecule has 0 fully saturated rings. The molecule has 0 saturated carbocycles. The van der Waals surface area contributed by atoms with Crippen molar-refractivity contribution in [2.45, 2.75) is 63.8 Å². The third kappa shape index (κ3) is 4.67. The van der Waals surface area contributed by atoms with Crippen LogP contribution in [0.4, 0.5) is 5.69 Å². The van der Waals surface area contributed by atoms with Gasteiger partial charge in [0.1, 0.15) is 11.4 Å². The molecule has 0 saturated heterocycles. The molecule has 0 amide bonds. The largest absolute Gasteiger partial charge is 0.335 e. The quantitative estimate of drug-likeness (QED) is 0.348. The van der Waals surface area contributed by atoms with E-state index in [1.807, 2.05) is 29.2 Å². The Kier molecular flexibility index (Phi) is 6.98. The van der Waals surface area contributed by atoms with Gasteiger partial charge in [-0.3, -0.25) is 0 Å². The van der Waals surface area contributed by atoms with E-state index in [1.165, 1.54) is 60.8 Å². The highest BCUT2D eigenvalue weighted by Crippen LogP contribution is 2.48. The lowest BCUT2D eigenvalue weighted by atomic mass is 9.77. The highest BCUT2D eigenvalue weighted by Gasteiger charge is 2.29. The maximum atomic E-state index is 6.36. The molecule has 1 aromatic heterocycles. The summed E-state index contributed by atoms with van der Waals surface area (Å²) in [5.74, 6) is 0.690. The number of rotatable bonds is 4. The van der Waals surface area contributed by atoms with Crippen LogP contribution in [0.3, 0.4) is 0 Å². The molecule has 6 rings (SSSR count). The number of thioether (sulfide) groups is 1. The molecule has 2 aromatic rings. The summed E-state index contributed by atoms with van der Waals surface area (Å²) in [6.07, 6.45) is 18.8. The lowest BCUT2D eigenvalue weighted by Gasteiger charge is -2.28. The Morgan fingerprint density at radius 1 is 1.03 bits per heavy atom. The van der Waals surface area contributed by atoms with Crippen molar-refractivity contribution in [3.05, 3.63) is 83.8 Å². The van der Waals surface area contributed by atoms with Gasteiger partial charge >= 0.3 is 0 Å². The van der Waals surface area contributed by atoms with Crippen molar-refractivity contribution in [2.75, 3.05) is 11.4 Å². The first kappa shape index (κ1) is 24.6. The van der Waals surface area contributed by atoms with E-state index in [-0.39, 0.29) is 0 Å². The van der Waals surface area contributed by atoms with Crippen LogP contribution >= 0.6 is 46.3 Å². The summed E-state index contributed by atoms with van der Waals surface area (Å²) in [5, 5.41) is 4.46. The van der Waals surface area contributed by atoms with Crippen LogP contribution in [0.1, 0.15) is 61.5 Å². The number of hydrogen-bond acceptors (Lipinski definition) is 3. The third-order valence-electron chi connectivity index (χ3n) is 7.66. The number of halogens is 2. The molecule has 0 radical (unpaired) electrons. The number of aromatic nitrogens is 1. The van der Waals surface area contributed by atoms with Gasteiger partial charge < -0.3 is 4.90 Å². The molecule has 1 aromatic carbocycles. The van der Waals surface area contributed by atoms with E-state index in [9.17, 15) is 0 Å². The first-order valence-electron chi connectivity index (χ1n) is 13.0. The van der Waals surface area contributed by atoms with E-state index in [1.54, 1.807) is 0 Å². The van der Waals surface area contributed by atoms with Gasteiger partial charge in [-0.25, -0.2) is 0 Å². The fourth-order valence-electron chi connectivity index (χ4n) is 5.84. The smallest absolute Gasteiger partial charge is 0.262 e. The Morgan fingerprint density at radius 2 is 1.89 bits per heavy atom. The van der Waals surface area contributed by atoms with Crippen LogP contribution in [0.25, 0.3) is 12.2 Å². The number of thiazole rings is 1.